The number of nitrogens with one attached hydrogen (secondary N) is 2. The van der Waals surface area contributed by atoms with Gasteiger partial charge in [-0.05, 0) is 25.0 Å². The lowest BCUT2D eigenvalue weighted by molar-refractivity contribution is 0.147. The summed E-state index contributed by atoms with van der Waals surface area (Å²) in [5.41, 5.74) is 0.527. The number of anilines is 1. The van der Waals surface area contributed by atoms with Gasteiger partial charge >= 0.3 is 0 Å². The molecule has 1 aromatic carbocycles. The molecule has 30 heavy (non-hydrogen) atoms. The molecule has 0 unspecified atom stereocenters. The highest BCUT2D eigenvalue weighted by Gasteiger charge is 2.28. The second-order valence-electron chi connectivity index (χ2n) is 6.70. The van der Waals surface area contributed by atoms with Crippen molar-refractivity contribution in [3.63, 3.8) is 0 Å². The number of nitrogens with zero attached hydrogens (tertiary/aromatic N) is 2. The second kappa shape index (κ2) is 7.88. The molecule has 1 saturated carbocycles. The Kier molecular flexibility index (Phi) is 5.41. The van der Waals surface area contributed by atoms with Crippen LogP contribution in [-0.2, 0) is 16.4 Å². The third kappa shape index (κ3) is 4.12. The van der Waals surface area contributed by atoms with Crippen LogP contribution in [0.5, 0.6) is 11.6 Å². The fraction of sp³-hybridized carbons (Fsp3) is 0.333. The SMILES string of the molecule is COc1nc(NS(=O)(=O)c2c[nH]c3c(OC4CC4)c(Cl)ccc23)ncc1CC(F)F. The van der Waals surface area contributed by atoms with Crippen LogP contribution in [0.4, 0.5) is 14.7 Å². The monoisotopic (exact) mass is 458 g/mol. The molecule has 0 saturated heterocycles. The Morgan fingerprint density at radius 3 is 2.80 bits per heavy atom. The van der Waals surface area contributed by atoms with Crippen molar-refractivity contribution >= 4 is 38.5 Å². The Labute approximate surface area is 175 Å². The van der Waals surface area contributed by atoms with Crippen molar-refractivity contribution in [3.05, 3.63) is 35.1 Å². The van der Waals surface area contributed by atoms with E-state index >= 15 is 0 Å². The molecular weight excluding hydrogens is 442 g/mol. The molecule has 2 aromatic heterocycles. The van der Waals surface area contributed by atoms with E-state index in [0.717, 1.165) is 19.0 Å². The van der Waals surface area contributed by atoms with Gasteiger partial charge in [-0.1, -0.05) is 11.6 Å². The standard InChI is InChI=1S/C18H17ClF2N4O4S/c1-28-17-9(6-14(20)21)7-23-18(24-17)25-30(26,27)13-8-22-15-11(13)4-5-12(19)16(15)29-10-2-3-10/h4-5,7-8,10,14,22H,2-3,6H2,1H3,(H,23,24,25). The fourth-order valence-corrected chi connectivity index (χ4v) is 4.23. The molecule has 0 radical (unpaired) electrons. The highest BCUT2D eigenvalue weighted by Crippen LogP contribution is 2.39. The van der Waals surface area contributed by atoms with Crippen molar-refractivity contribution in [1.82, 2.24) is 15.0 Å². The molecule has 160 valence electrons. The van der Waals surface area contributed by atoms with Crippen LogP contribution in [0, 0.1) is 0 Å². The number of ether oxygens (including phenoxy) is 2. The van der Waals surface area contributed by atoms with Gasteiger partial charge in [0.05, 0.1) is 23.8 Å². The summed E-state index contributed by atoms with van der Waals surface area (Å²) in [6, 6.07) is 3.13. The van der Waals surface area contributed by atoms with E-state index in [0.29, 0.717) is 21.7 Å². The van der Waals surface area contributed by atoms with Crippen LogP contribution >= 0.6 is 11.6 Å². The molecule has 0 atom stereocenters. The van der Waals surface area contributed by atoms with E-state index < -0.39 is 22.9 Å². The van der Waals surface area contributed by atoms with Gasteiger partial charge in [-0.3, -0.25) is 0 Å². The summed E-state index contributed by atoms with van der Waals surface area (Å²) in [4.78, 5) is 10.5. The number of sulfonamides is 1. The van der Waals surface area contributed by atoms with Crippen LogP contribution in [0.2, 0.25) is 5.02 Å². The van der Waals surface area contributed by atoms with Crippen molar-refractivity contribution in [1.29, 1.82) is 0 Å². The first-order valence-electron chi connectivity index (χ1n) is 8.95. The molecule has 1 fully saturated rings. The Balaban J connectivity index is 1.66. The van der Waals surface area contributed by atoms with Gasteiger partial charge in [0.1, 0.15) is 4.90 Å². The maximum atomic E-state index is 12.9. The maximum Gasteiger partial charge on any atom is 0.266 e. The average molecular weight is 459 g/mol. The van der Waals surface area contributed by atoms with Gasteiger partial charge in [0.15, 0.2) is 5.75 Å². The number of methoxy groups -OCH3 is 1. The van der Waals surface area contributed by atoms with Crippen molar-refractivity contribution in [3.8, 4) is 11.6 Å². The van der Waals surface area contributed by atoms with Crippen molar-refractivity contribution in [2.24, 2.45) is 0 Å². The minimum Gasteiger partial charge on any atom is -0.487 e. The first-order chi connectivity index (χ1) is 14.3. The van der Waals surface area contributed by atoms with E-state index in [2.05, 4.69) is 19.7 Å². The first kappa shape index (κ1) is 20.6. The van der Waals surface area contributed by atoms with E-state index in [-0.39, 0.29) is 28.4 Å². The number of fused-ring (bicyclic) bond motifs is 1. The van der Waals surface area contributed by atoms with Gasteiger partial charge in [0.25, 0.3) is 10.0 Å². The second-order valence-corrected chi connectivity index (χ2v) is 8.76. The van der Waals surface area contributed by atoms with Gasteiger partial charge < -0.3 is 14.5 Å². The third-order valence-corrected chi connectivity index (χ3v) is 6.10. The molecule has 3 aromatic rings. The molecule has 0 bridgehead atoms. The van der Waals surface area contributed by atoms with E-state index in [9.17, 15) is 17.2 Å². The molecule has 12 heteroatoms. The van der Waals surface area contributed by atoms with Crippen molar-refractivity contribution in [2.75, 3.05) is 11.8 Å². The largest absolute Gasteiger partial charge is 0.487 e. The quantitative estimate of drug-likeness (QED) is 0.532. The highest BCUT2D eigenvalue weighted by molar-refractivity contribution is 7.93. The number of hydrogen-bond acceptors (Lipinski definition) is 6. The molecule has 8 nitrogen and oxygen atoms in total. The van der Waals surface area contributed by atoms with Gasteiger partial charge in [-0.25, -0.2) is 26.9 Å². The lowest BCUT2D eigenvalue weighted by atomic mass is 10.2. The Hall–Kier alpha value is -2.66. The number of rotatable bonds is 8. The first-order valence-corrected chi connectivity index (χ1v) is 10.8. The third-order valence-electron chi connectivity index (χ3n) is 4.44. The van der Waals surface area contributed by atoms with Crippen molar-refractivity contribution in [2.45, 2.75) is 36.7 Å². The van der Waals surface area contributed by atoms with Crippen LogP contribution < -0.4 is 14.2 Å². The summed E-state index contributed by atoms with van der Waals surface area (Å²) in [6.45, 7) is 0. The number of H-pyrrole nitrogens is 1. The molecule has 4 rings (SSSR count). The molecule has 1 aliphatic rings. The number of aromatic nitrogens is 3. The summed E-state index contributed by atoms with van der Waals surface area (Å²) in [6.07, 6.45) is 1.10. The number of benzene rings is 1. The van der Waals surface area contributed by atoms with Gasteiger partial charge in [0.2, 0.25) is 18.3 Å². The Morgan fingerprint density at radius 2 is 2.13 bits per heavy atom. The van der Waals surface area contributed by atoms with E-state index in [1.54, 1.807) is 12.1 Å². The summed E-state index contributed by atoms with van der Waals surface area (Å²) >= 11 is 6.22. The van der Waals surface area contributed by atoms with Gasteiger partial charge in [-0.15, -0.1) is 0 Å². The molecule has 0 amide bonds. The molecule has 2 N–H and O–H groups in total. The van der Waals surface area contributed by atoms with Crippen LogP contribution in [0.1, 0.15) is 18.4 Å². The lowest BCUT2D eigenvalue weighted by Crippen LogP contribution is -2.15. The Bertz CT molecular complexity index is 1200. The molecule has 2 heterocycles. The number of alkyl halides is 2. The van der Waals surface area contributed by atoms with Gasteiger partial charge in [0, 0.05) is 29.8 Å². The zero-order chi connectivity index (χ0) is 21.5. The zero-order valence-electron chi connectivity index (χ0n) is 15.7. The Morgan fingerprint density at radius 1 is 1.37 bits per heavy atom. The summed E-state index contributed by atoms with van der Waals surface area (Å²) in [5.74, 6) is -0.0381. The average Bonchev–Trinajstić information content (AvgIpc) is 3.39. The van der Waals surface area contributed by atoms with E-state index in [1.807, 2.05) is 0 Å². The number of hydrogen-bond donors (Lipinski definition) is 2. The molecule has 0 spiro atoms. The smallest absolute Gasteiger partial charge is 0.266 e. The van der Waals surface area contributed by atoms with Crippen LogP contribution in [0.25, 0.3) is 10.9 Å². The van der Waals surface area contributed by atoms with Crippen LogP contribution in [-0.4, -0.2) is 43.0 Å². The fourth-order valence-electron chi connectivity index (χ4n) is 2.91. The lowest BCUT2D eigenvalue weighted by Gasteiger charge is -2.11. The minimum atomic E-state index is -4.11. The van der Waals surface area contributed by atoms with Crippen LogP contribution in [0.3, 0.4) is 0 Å². The van der Waals surface area contributed by atoms with Gasteiger partial charge in [-0.2, -0.15) is 4.98 Å². The topological polar surface area (TPSA) is 106 Å². The summed E-state index contributed by atoms with van der Waals surface area (Å²) in [7, 11) is -2.86. The molecular formula is C18H17ClF2N4O4S. The maximum absolute atomic E-state index is 12.9. The minimum absolute atomic E-state index is 0.0611. The zero-order valence-corrected chi connectivity index (χ0v) is 17.2. The molecule has 1 aliphatic carbocycles. The number of aromatic amines is 1. The summed E-state index contributed by atoms with van der Waals surface area (Å²) < 4.78 is 64.2. The van der Waals surface area contributed by atoms with E-state index in [1.165, 1.54) is 13.3 Å². The van der Waals surface area contributed by atoms with Crippen molar-refractivity contribution < 1.29 is 26.7 Å². The van der Waals surface area contributed by atoms with Crippen LogP contribution in [0.15, 0.2) is 29.4 Å². The predicted octanol–water partition coefficient (Wildman–Crippen LogP) is 3.77. The molecule has 0 aliphatic heterocycles. The summed E-state index contributed by atoms with van der Waals surface area (Å²) in [5, 5.41) is 0.750. The highest BCUT2D eigenvalue weighted by atomic mass is 35.5. The van der Waals surface area contributed by atoms with E-state index in [4.69, 9.17) is 21.1 Å². The predicted molar refractivity (Wildman–Crippen MR) is 106 cm³/mol. The normalized spacial score (nSPS) is 14.3. The number of halogens is 3.